The average Bonchev–Trinajstić information content (AvgIpc) is 2.84. The lowest BCUT2D eigenvalue weighted by molar-refractivity contribution is 0.0521. The molecule has 0 aromatic carbocycles. The second-order valence-electron chi connectivity index (χ2n) is 5.76. The summed E-state index contributed by atoms with van der Waals surface area (Å²) in [6.07, 6.45) is 5.16. The van der Waals surface area contributed by atoms with Crippen molar-refractivity contribution in [3.63, 3.8) is 0 Å². The van der Waals surface area contributed by atoms with E-state index in [1.54, 1.807) is 6.92 Å². The molecule has 2 rings (SSSR count). The number of furan rings is 1. The molecule has 1 aromatic heterocycles. The molecule has 0 atom stereocenters. The Morgan fingerprint density at radius 1 is 1.21 bits per heavy atom. The Morgan fingerprint density at radius 2 is 1.88 bits per heavy atom. The number of carbonyl (C=O) groups excluding carboxylic acids is 3. The molecule has 0 saturated heterocycles. The Labute approximate surface area is 140 Å². The second-order valence-corrected chi connectivity index (χ2v) is 5.76. The molecule has 1 fully saturated rings. The van der Waals surface area contributed by atoms with Crippen LogP contribution in [0.5, 0.6) is 0 Å². The van der Waals surface area contributed by atoms with Crippen LogP contribution in [0.3, 0.4) is 0 Å². The molecule has 1 aromatic rings. The Bertz CT molecular complexity index is 632. The normalized spacial score (nSPS) is 14.9. The third kappa shape index (κ3) is 4.06. The summed E-state index contributed by atoms with van der Waals surface area (Å²) in [6, 6.07) is -0.398. The predicted molar refractivity (Wildman–Crippen MR) is 86.9 cm³/mol. The van der Waals surface area contributed by atoms with E-state index < -0.39 is 17.9 Å². The first-order valence-electron chi connectivity index (χ1n) is 8.11. The Balaban J connectivity index is 2.17. The molecule has 1 aliphatic carbocycles. The summed E-state index contributed by atoms with van der Waals surface area (Å²) in [4.78, 5) is 35.8. The first-order valence-corrected chi connectivity index (χ1v) is 8.11. The molecule has 0 radical (unpaired) electrons. The molecule has 0 spiro atoms. The van der Waals surface area contributed by atoms with E-state index in [4.69, 9.17) is 14.9 Å². The van der Waals surface area contributed by atoms with E-state index in [0.29, 0.717) is 0 Å². The van der Waals surface area contributed by atoms with Crippen LogP contribution in [-0.4, -0.2) is 30.6 Å². The number of urea groups is 1. The molecule has 8 nitrogen and oxygen atoms in total. The maximum Gasteiger partial charge on any atom is 0.342 e. The molecule has 132 valence electrons. The van der Waals surface area contributed by atoms with Gasteiger partial charge >= 0.3 is 12.0 Å². The number of carbonyl (C=O) groups is 3. The highest BCUT2D eigenvalue weighted by molar-refractivity contribution is 6.10. The van der Waals surface area contributed by atoms with Gasteiger partial charge in [-0.3, -0.25) is 10.1 Å². The van der Waals surface area contributed by atoms with Crippen molar-refractivity contribution in [1.82, 2.24) is 5.32 Å². The number of primary amides is 1. The molecule has 1 saturated carbocycles. The molecule has 4 N–H and O–H groups in total. The van der Waals surface area contributed by atoms with Gasteiger partial charge in [0.05, 0.1) is 6.61 Å². The van der Waals surface area contributed by atoms with Crippen molar-refractivity contribution in [3.8, 4) is 0 Å². The third-order valence-electron chi connectivity index (χ3n) is 3.98. The van der Waals surface area contributed by atoms with Crippen molar-refractivity contribution in [3.05, 3.63) is 16.9 Å². The minimum atomic E-state index is -0.872. The highest BCUT2D eigenvalue weighted by Gasteiger charge is 2.29. The number of nitrogens with one attached hydrogen (secondary N) is 2. The quantitative estimate of drug-likeness (QED) is 0.711. The van der Waals surface area contributed by atoms with E-state index in [2.05, 4.69) is 10.6 Å². The largest absolute Gasteiger partial charge is 0.462 e. The number of hydrogen-bond donors (Lipinski definition) is 3. The van der Waals surface area contributed by atoms with Gasteiger partial charge in [0.25, 0.3) is 5.91 Å². The highest BCUT2D eigenvalue weighted by atomic mass is 16.5. The Hall–Kier alpha value is -2.51. The zero-order valence-electron chi connectivity index (χ0n) is 13.9. The SMILES string of the molecule is CCOC(=O)c1c(C)oc(NC(=O)NC2CCCCC2)c1C(N)=O. The monoisotopic (exact) mass is 337 g/mol. The standard InChI is InChI=1S/C16H23N3O5/c1-3-23-15(21)11-9(2)24-14(12(11)13(17)20)19-16(22)18-10-7-5-4-6-8-10/h10H,3-8H2,1-2H3,(H2,17,20)(H2,18,19,22). The molecule has 24 heavy (non-hydrogen) atoms. The van der Waals surface area contributed by atoms with E-state index in [1.807, 2.05) is 0 Å². The van der Waals surface area contributed by atoms with Crippen molar-refractivity contribution >= 4 is 23.8 Å². The lowest BCUT2D eigenvalue weighted by Gasteiger charge is -2.22. The van der Waals surface area contributed by atoms with Crippen LogP contribution in [0.25, 0.3) is 0 Å². The number of esters is 1. The Kier molecular flexibility index (Phi) is 5.83. The van der Waals surface area contributed by atoms with E-state index in [1.165, 1.54) is 13.3 Å². The van der Waals surface area contributed by atoms with Gasteiger partial charge in [0, 0.05) is 6.04 Å². The van der Waals surface area contributed by atoms with Gasteiger partial charge in [-0.2, -0.15) is 0 Å². The molecule has 0 bridgehead atoms. The molecular weight excluding hydrogens is 314 g/mol. The average molecular weight is 337 g/mol. The van der Waals surface area contributed by atoms with E-state index in [9.17, 15) is 14.4 Å². The van der Waals surface area contributed by atoms with Crippen molar-refractivity contribution in [2.75, 3.05) is 11.9 Å². The molecule has 3 amide bonds. The smallest absolute Gasteiger partial charge is 0.342 e. The zero-order chi connectivity index (χ0) is 17.7. The summed E-state index contributed by atoms with van der Waals surface area (Å²) >= 11 is 0. The summed E-state index contributed by atoms with van der Waals surface area (Å²) < 4.78 is 10.3. The van der Waals surface area contributed by atoms with Crippen LogP contribution < -0.4 is 16.4 Å². The molecule has 1 heterocycles. The minimum absolute atomic E-state index is 0.0580. The van der Waals surface area contributed by atoms with Gasteiger partial charge in [-0.15, -0.1) is 0 Å². The van der Waals surface area contributed by atoms with Crippen LogP contribution >= 0.6 is 0 Å². The topological polar surface area (TPSA) is 124 Å². The molecule has 1 aliphatic rings. The lowest BCUT2D eigenvalue weighted by atomic mass is 9.96. The first kappa shape index (κ1) is 17.8. The van der Waals surface area contributed by atoms with Crippen molar-refractivity contribution < 1.29 is 23.5 Å². The van der Waals surface area contributed by atoms with Gasteiger partial charge in [-0.25, -0.2) is 9.59 Å². The second kappa shape index (κ2) is 7.85. The summed E-state index contributed by atoms with van der Waals surface area (Å²) in [5, 5.41) is 5.31. The van der Waals surface area contributed by atoms with Crippen molar-refractivity contribution in [1.29, 1.82) is 0 Å². The molecule has 0 unspecified atom stereocenters. The first-order chi connectivity index (χ1) is 11.4. The maximum absolute atomic E-state index is 12.1. The highest BCUT2D eigenvalue weighted by Crippen LogP contribution is 2.27. The van der Waals surface area contributed by atoms with Gasteiger partial charge in [-0.1, -0.05) is 19.3 Å². The fraction of sp³-hybridized carbons (Fsp3) is 0.562. The molecular formula is C16H23N3O5. The van der Waals surface area contributed by atoms with Crippen LogP contribution in [0.15, 0.2) is 4.42 Å². The minimum Gasteiger partial charge on any atom is -0.462 e. The van der Waals surface area contributed by atoms with Crippen molar-refractivity contribution in [2.24, 2.45) is 5.73 Å². The predicted octanol–water partition coefficient (Wildman–Crippen LogP) is 2.32. The number of nitrogens with two attached hydrogens (primary N) is 1. The Morgan fingerprint density at radius 3 is 2.46 bits per heavy atom. The van der Waals surface area contributed by atoms with E-state index in [-0.39, 0.29) is 35.4 Å². The van der Waals surface area contributed by atoms with E-state index in [0.717, 1.165) is 25.7 Å². The number of aryl methyl sites for hydroxylation is 1. The van der Waals surface area contributed by atoms with Crippen molar-refractivity contribution in [2.45, 2.75) is 52.0 Å². The van der Waals surface area contributed by atoms with Gasteiger partial charge < -0.3 is 20.2 Å². The van der Waals surface area contributed by atoms with Crippen LogP contribution in [0.4, 0.5) is 10.7 Å². The van der Waals surface area contributed by atoms with Crippen LogP contribution in [0.1, 0.15) is 65.5 Å². The fourth-order valence-electron chi connectivity index (χ4n) is 2.89. The summed E-state index contributed by atoms with van der Waals surface area (Å²) in [7, 11) is 0. The number of amides is 3. The zero-order valence-corrected chi connectivity index (χ0v) is 13.9. The lowest BCUT2D eigenvalue weighted by Crippen LogP contribution is -2.39. The summed E-state index contributed by atoms with van der Waals surface area (Å²) in [5.41, 5.74) is 5.11. The van der Waals surface area contributed by atoms with Gasteiger partial charge in [0.15, 0.2) is 0 Å². The summed E-state index contributed by atoms with van der Waals surface area (Å²) in [6.45, 7) is 3.30. The van der Waals surface area contributed by atoms with Gasteiger partial charge in [0.2, 0.25) is 5.88 Å². The summed E-state index contributed by atoms with van der Waals surface area (Å²) in [5.74, 6) is -1.57. The third-order valence-corrected chi connectivity index (χ3v) is 3.98. The molecule has 8 heteroatoms. The van der Waals surface area contributed by atoms with Gasteiger partial charge in [0.1, 0.15) is 16.9 Å². The number of anilines is 1. The van der Waals surface area contributed by atoms with Gasteiger partial charge in [-0.05, 0) is 26.7 Å². The molecule has 0 aliphatic heterocycles. The van der Waals surface area contributed by atoms with Crippen LogP contribution in [0.2, 0.25) is 0 Å². The van der Waals surface area contributed by atoms with Crippen LogP contribution in [0, 0.1) is 6.92 Å². The maximum atomic E-state index is 12.1. The number of ether oxygens (including phenoxy) is 1. The number of hydrogen-bond acceptors (Lipinski definition) is 5. The van der Waals surface area contributed by atoms with E-state index >= 15 is 0 Å². The van der Waals surface area contributed by atoms with Crippen LogP contribution in [-0.2, 0) is 4.74 Å². The number of rotatable bonds is 5. The fourth-order valence-corrected chi connectivity index (χ4v) is 2.89.